The number of carbonyl (C=O) groups is 5. The van der Waals surface area contributed by atoms with Crippen molar-refractivity contribution in [2.75, 3.05) is 23.3 Å². The molecule has 0 atom stereocenters. The Kier molecular flexibility index (Phi) is 10.5. The second kappa shape index (κ2) is 14.9. The summed E-state index contributed by atoms with van der Waals surface area (Å²) in [6, 6.07) is 19.2. The monoisotopic (exact) mass is 624 g/mol. The molecule has 3 aromatic rings. The van der Waals surface area contributed by atoms with Crippen LogP contribution in [0.15, 0.2) is 66.7 Å². The third-order valence-electron chi connectivity index (χ3n) is 8.66. The number of unbranched alkanes of at least 4 members (excludes halogenated alkanes) is 1. The minimum Gasteiger partial charge on any atom is -0.481 e. The van der Waals surface area contributed by atoms with Crippen molar-refractivity contribution < 1.29 is 29.1 Å². The molecular formula is C36H40N4O6. The topological polar surface area (TPSA) is 136 Å². The highest BCUT2D eigenvalue weighted by atomic mass is 16.4. The zero-order valence-electron chi connectivity index (χ0n) is 26.1. The van der Waals surface area contributed by atoms with Crippen LogP contribution in [0.2, 0.25) is 0 Å². The van der Waals surface area contributed by atoms with E-state index < -0.39 is 12.0 Å². The lowest BCUT2D eigenvalue weighted by atomic mass is 9.84. The van der Waals surface area contributed by atoms with Crippen molar-refractivity contribution in [2.45, 2.75) is 70.8 Å². The number of rotatable bonds is 12. The molecule has 10 nitrogen and oxygen atoms in total. The Hall–Kier alpha value is -4.99. The van der Waals surface area contributed by atoms with Crippen molar-refractivity contribution in [1.82, 2.24) is 10.2 Å². The van der Waals surface area contributed by atoms with Crippen molar-refractivity contribution in [3.63, 3.8) is 0 Å². The van der Waals surface area contributed by atoms with E-state index in [1.54, 1.807) is 47.4 Å². The Morgan fingerprint density at radius 2 is 1.59 bits per heavy atom. The summed E-state index contributed by atoms with van der Waals surface area (Å²) >= 11 is 0. The molecule has 2 aliphatic rings. The van der Waals surface area contributed by atoms with Gasteiger partial charge in [0.15, 0.2) is 0 Å². The standard InChI is InChI=1S/C36H40N4O6/c1-2-3-21-39-34(44)30-18-15-28(22-31(30)35(39)45)38-36(46)40(29-16-13-26(14-17-29)25-7-5-4-6-8-25)23-24-9-11-27(12-10-24)33(43)37-20-19-32(41)42/h9-18,22,25H,2-8,19-21,23H2,1H3,(H,37,43)(H,38,46)(H,41,42). The van der Waals surface area contributed by atoms with Gasteiger partial charge in [-0.05, 0) is 78.8 Å². The van der Waals surface area contributed by atoms with Gasteiger partial charge in [-0.3, -0.25) is 29.0 Å². The van der Waals surface area contributed by atoms with Crippen molar-refractivity contribution in [3.05, 3.63) is 94.5 Å². The van der Waals surface area contributed by atoms with Gasteiger partial charge in [0.1, 0.15) is 0 Å². The number of carbonyl (C=O) groups excluding carboxylic acids is 4. The number of hydrogen-bond donors (Lipinski definition) is 3. The molecule has 5 rings (SSSR count). The predicted molar refractivity (Wildman–Crippen MR) is 175 cm³/mol. The summed E-state index contributed by atoms with van der Waals surface area (Å²) in [5.74, 6) is -1.52. The van der Waals surface area contributed by atoms with E-state index in [2.05, 4.69) is 22.8 Å². The fraction of sp³-hybridized carbons (Fsp3) is 0.361. The van der Waals surface area contributed by atoms with Gasteiger partial charge in [0.25, 0.3) is 17.7 Å². The number of hydrogen-bond acceptors (Lipinski definition) is 5. The zero-order chi connectivity index (χ0) is 32.6. The first-order valence-electron chi connectivity index (χ1n) is 16.0. The predicted octanol–water partition coefficient (Wildman–Crippen LogP) is 6.57. The molecule has 0 aromatic heterocycles. The molecule has 0 unspecified atom stereocenters. The number of fused-ring (bicyclic) bond motifs is 1. The van der Waals surface area contributed by atoms with Crippen molar-refractivity contribution in [2.24, 2.45) is 0 Å². The molecule has 1 saturated carbocycles. The average molecular weight is 625 g/mol. The van der Waals surface area contributed by atoms with Gasteiger partial charge in [-0.2, -0.15) is 0 Å². The third kappa shape index (κ3) is 7.62. The fourth-order valence-corrected chi connectivity index (χ4v) is 6.05. The normalized spacial score (nSPS) is 14.6. The van der Waals surface area contributed by atoms with Crippen molar-refractivity contribution in [3.8, 4) is 0 Å². The van der Waals surface area contributed by atoms with Gasteiger partial charge in [0.05, 0.1) is 24.1 Å². The number of anilines is 2. The summed E-state index contributed by atoms with van der Waals surface area (Å²) in [5, 5.41) is 14.3. The lowest BCUT2D eigenvalue weighted by Crippen LogP contribution is -2.34. The SMILES string of the molecule is CCCCN1C(=O)c2ccc(NC(=O)N(Cc3ccc(C(=O)NCCC(=O)O)cc3)c3ccc(C4CCCCC4)cc3)cc2C1=O. The van der Waals surface area contributed by atoms with E-state index in [4.69, 9.17) is 5.11 Å². The second-order valence-corrected chi connectivity index (χ2v) is 11.9. The summed E-state index contributed by atoms with van der Waals surface area (Å²) in [7, 11) is 0. The maximum atomic E-state index is 13.8. The minimum absolute atomic E-state index is 0.0277. The van der Waals surface area contributed by atoms with E-state index in [0.717, 1.165) is 31.2 Å². The lowest BCUT2D eigenvalue weighted by Gasteiger charge is -2.26. The molecule has 0 spiro atoms. The van der Waals surface area contributed by atoms with E-state index in [-0.39, 0.29) is 42.8 Å². The number of benzene rings is 3. The quantitative estimate of drug-likeness (QED) is 0.195. The van der Waals surface area contributed by atoms with Crippen LogP contribution < -0.4 is 15.5 Å². The van der Waals surface area contributed by atoms with Crippen molar-refractivity contribution >= 4 is 41.1 Å². The molecule has 0 radical (unpaired) electrons. The highest BCUT2D eigenvalue weighted by molar-refractivity contribution is 6.22. The number of nitrogens with zero attached hydrogens (tertiary/aromatic N) is 2. The zero-order valence-corrected chi connectivity index (χ0v) is 26.1. The first kappa shape index (κ1) is 32.4. The van der Waals surface area contributed by atoms with Crippen LogP contribution in [0.5, 0.6) is 0 Å². The third-order valence-corrected chi connectivity index (χ3v) is 8.66. The summed E-state index contributed by atoms with van der Waals surface area (Å²) < 4.78 is 0. The molecule has 1 aliphatic heterocycles. The summed E-state index contributed by atoms with van der Waals surface area (Å²) in [5.41, 5.74) is 4.12. The molecule has 3 aromatic carbocycles. The van der Waals surface area contributed by atoms with E-state index in [0.29, 0.717) is 35.0 Å². The number of aliphatic carboxylic acids is 1. The van der Waals surface area contributed by atoms with Crippen LogP contribution in [0.25, 0.3) is 0 Å². The number of carboxylic acid groups (broad SMARTS) is 1. The summed E-state index contributed by atoms with van der Waals surface area (Å²) in [6.07, 6.45) is 7.45. The minimum atomic E-state index is -0.991. The molecule has 46 heavy (non-hydrogen) atoms. The average Bonchev–Trinajstić information content (AvgIpc) is 3.30. The van der Waals surface area contributed by atoms with E-state index >= 15 is 0 Å². The lowest BCUT2D eigenvalue weighted by molar-refractivity contribution is -0.136. The van der Waals surface area contributed by atoms with E-state index in [1.165, 1.54) is 29.7 Å². The molecule has 1 aliphatic carbocycles. The Morgan fingerprint density at radius 3 is 2.26 bits per heavy atom. The molecule has 10 heteroatoms. The van der Waals surface area contributed by atoms with Crippen LogP contribution in [0.4, 0.5) is 16.2 Å². The number of urea groups is 1. The highest BCUT2D eigenvalue weighted by Crippen LogP contribution is 2.34. The summed E-state index contributed by atoms with van der Waals surface area (Å²) in [4.78, 5) is 65.7. The van der Waals surface area contributed by atoms with Crippen LogP contribution in [0.3, 0.4) is 0 Å². The van der Waals surface area contributed by atoms with Crippen LogP contribution in [0.1, 0.15) is 106 Å². The Morgan fingerprint density at radius 1 is 0.891 bits per heavy atom. The number of imide groups is 1. The second-order valence-electron chi connectivity index (χ2n) is 11.9. The van der Waals surface area contributed by atoms with Gasteiger partial charge < -0.3 is 15.7 Å². The maximum Gasteiger partial charge on any atom is 0.326 e. The molecule has 0 saturated heterocycles. The van der Waals surface area contributed by atoms with Gasteiger partial charge in [-0.15, -0.1) is 0 Å². The van der Waals surface area contributed by atoms with Crippen LogP contribution in [0, 0.1) is 0 Å². The number of nitrogens with one attached hydrogen (secondary N) is 2. The van der Waals surface area contributed by atoms with Crippen molar-refractivity contribution in [1.29, 1.82) is 0 Å². The van der Waals surface area contributed by atoms with Gasteiger partial charge in [0.2, 0.25) is 0 Å². The van der Waals surface area contributed by atoms with Gasteiger partial charge in [0, 0.05) is 30.0 Å². The van der Waals surface area contributed by atoms with Crippen LogP contribution in [-0.4, -0.2) is 52.8 Å². The van der Waals surface area contributed by atoms with Crippen LogP contribution >= 0.6 is 0 Å². The number of amides is 5. The van der Waals surface area contributed by atoms with Gasteiger partial charge in [-0.25, -0.2) is 4.79 Å². The summed E-state index contributed by atoms with van der Waals surface area (Å²) in [6.45, 7) is 2.58. The molecule has 3 N–H and O–H groups in total. The molecule has 5 amide bonds. The first-order chi connectivity index (χ1) is 22.2. The Labute approximate surface area is 268 Å². The molecule has 1 heterocycles. The number of carboxylic acids is 1. The molecule has 1 fully saturated rings. The fourth-order valence-electron chi connectivity index (χ4n) is 6.05. The Bertz CT molecular complexity index is 1600. The van der Waals surface area contributed by atoms with E-state index in [1.807, 2.05) is 19.1 Å². The molecular weight excluding hydrogens is 584 g/mol. The van der Waals surface area contributed by atoms with Gasteiger partial charge in [-0.1, -0.05) is 56.9 Å². The first-order valence-corrected chi connectivity index (χ1v) is 16.0. The molecule has 0 bridgehead atoms. The Balaban J connectivity index is 1.35. The largest absolute Gasteiger partial charge is 0.481 e. The van der Waals surface area contributed by atoms with Gasteiger partial charge >= 0.3 is 12.0 Å². The molecule has 240 valence electrons. The maximum absolute atomic E-state index is 13.8. The van der Waals surface area contributed by atoms with Crippen LogP contribution in [-0.2, 0) is 11.3 Å². The highest BCUT2D eigenvalue weighted by Gasteiger charge is 2.35. The van der Waals surface area contributed by atoms with E-state index in [9.17, 15) is 24.0 Å². The smallest absolute Gasteiger partial charge is 0.326 e.